The topological polar surface area (TPSA) is 3.24 Å². The minimum atomic E-state index is 0.881. The zero-order chi connectivity index (χ0) is 9.68. The van der Waals surface area contributed by atoms with Gasteiger partial charge in [0.25, 0.3) is 0 Å². The van der Waals surface area contributed by atoms with Crippen LogP contribution in [0.4, 0.5) is 0 Å². The Morgan fingerprint density at radius 2 is 2.23 bits per heavy atom. The Bertz CT molecular complexity index is 250. The maximum Gasteiger partial charge on any atom is 0.0931 e. The molecule has 0 aliphatic heterocycles. The highest BCUT2D eigenvalue weighted by Gasteiger charge is 2.00. The van der Waals surface area contributed by atoms with Crippen LogP contribution in [-0.2, 0) is 6.42 Å². The Kier molecular flexibility index (Phi) is 5.17. The van der Waals surface area contributed by atoms with Crippen molar-refractivity contribution < 1.29 is 0 Å². The third kappa shape index (κ3) is 4.36. The van der Waals surface area contributed by atoms with Crippen molar-refractivity contribution in [3.8, 4) is 0 Å². The zero-order valence-corrected chi connectivity index (χ0v) is 10.1. The fourth-order valence-corrected chi connectivity index (χ4v) is 2.49. The van der Waals surface area contributed by atoms with Crippen molar-refractivity contribution in [2.24, 2.45) is 0 Å². The quantitative estimate of drug-likeness (QED) is 0.769. The monoisotopic (exact) mass is 235 g/mol. The van der Waals surface area contributed by atoms with E-state index in [9.17, 15) is 0 Å². The van der Waals surface area contributed by atoms with Crippen molar-refractivity contribution in [2.45, 2.75) is 6.42 Å². The lowest BCUT2D eigenvalue weighted by Gasteiger charge is -2.13. The number of thiophene rings is 1. The van der Waals surface area contributed by atoms with Crippen molar-refractivity contribution in [2.75, 3.05) is 25.9 Å². The maximum absolute atomic E-state index is 5.83. The predicted molar refractivity (Wildman–Crippen MR) is 64.4 cm³/mol. The van der Waals surface area contributed by atoms with Crippen LogP contribution < -0.4 is 0 Å². The van der Waals surface area contributed by atoms with E-state index in [1.54, 1.807) is 11.3 Å². The smallest absolute Gasteiger partial charge is 0.0931 e. The second kappa shape index (κ2) is 5.91. The Morgan fingerprint density at radius 1 is 1.46 bits per heavy atom. The molecule has 0 saturated heterocycles. The normalized spacial score (nSPS) is 11.1. The minimum Gasteiger partial charge on any atom is -0.305 e. The maximum atomic E-state index is 5.83. The first kappa shape index (κ1) is 11.4. The summed E-state index contributed by atoms with van der Waals surface area (Å²) in [6.45, 7) is 2.12. The molecule has 1 aromatic rings. The lowest BCUT2D eigenvalue weighted by Crippen LogP contribution is -2.23. The molecule has 1 nitrogen and oxygen atoms in total. The van der Waals surface area contributed by atoms with Crippen molar-refractivity contribution in [1.82, 2.24) is 4.90 Å². The molecule has 0 aliphatic rings. The number of hydrogen-bond donors (Lipinski definition) is 1. The van der Waals surface area contributed by atoms with Gasteiger partial charge in [0.1, 0.15) is 0 Å². The fourth-order valence-electron chi connectivity index (χ4n) is 1.07. The van der Waals surface area contributed by atoms with E-state index in [-0.39, 0.29) is 0 Å². The van der Waals surface area contributed by atoms with E-state index < -0.39 is 0 Å². The summed E-state index contributed by atoms with van der Waals surface area (Å²) in [6, 6.07) is 4.06. The van der Waals surface area contributed by atoms with E-state index in [1.165, 1.54) is 4.88 Å². The molecule has 1 aromatic heterocycles. The zero-order valence-electron chi connectivity index (χ0n) is 7.66. The van der Waals surface area contributed by atoms with Gasteiger partial charge >= 0.3 is 0 Å². The lowest BCUT2D eigenvalue weighted by molar-refractivity contribution is 0.362. The van der Waals surface area contributed by atoms with Crippen LogP contribution >= 0.6 is 35.6 Å². The SMILES string of the molecule is CN(CCS)CCc1ccc(Cl)s1. The Hall–Kier alpha value is 0.300. The van der Waals surface area contributed by atoms with Crippen LogP contribution in [0, 0.1) is 0 Å². The van der Waals surface area contributed by atoms with Gasteiger partial charge in [0.15, 0.2) is 0 Å². The van der Waals surface area contributed by atoms with Crippen LogP contribution in [0.15, 0.2) is 12.1 Å². The molecule has 0 unspecified atom stereocenters. The van der Waals surface area contributed by atoms with Crippen LogP contribution in [0.2, 0.25) is 4.34 Å². The molecule has 0 spiro atoms. The number of rotatable bonds is 5. The van der Waals surface area contributed by atoms with Gasteiger partial charge in [-0.3, -0.25) is 0 Å². The molecule has 0 saturated carbocycles. The molecule has 0 bridgehead atoms. The van der Waals surface area contributed by atoms with E-state index in [0.29, 0.717) is 0 Å². The van der Waals surface area contributed by atoms with Gasteiger partial charge in [0.05, 0.1) is 4.34 Å². The Labute approximate surface area is 94.1 Å². The number of hydrogen-bond acceptors (Lipinski definition) is 3. The van der Waals surface area contributed by atoms with Crippen molar-refractivity contribution in [1.29, 1.82) is 0 Å². The first-order valence-electron chi connectivity index (χ1n) is 4.26. The van der Waals surface area contributed by atoms with Crippen LogP contribution in [0.3, 0.4) is 0 Å². The van der Waals surface area contributed by atoms with Crippen LogP contribution in [-0.4, -0.2) is 30.8 Å². The third-order valence-corrected chi connectivity index (χ3v) is 3.34. The van der Waals surface area contributed by atoms with E-state index in [4.69, 9.17) is 11.6 Å². The summed E-state index contributed by atoms with van der Waals surface area (Å²) in [6.07, 6.45) is 1.08. The van der Waals surface area contributed by atoms with Crippen LogP contribution in [0.1, 0.15) is 4.88 Å². The predicted octanol–water partition coefficient (Wildman–Crippen LogP) is 2.81. The van der Waals surface area contributed by atoms with E-state index in [2.05, 4.69) is 30.6 Å². The van der Waals surface area contributed by atoms with Crippen LogP contribution in [0.25, 0.3) is 0 Å². The fraction of sp³-hybridized carbons (Fsp3) is 0.556. The summed E-state index contributed by atoms with van der Waals surface area (Å²) in [5.74, 6) is 0.918. The molecule has 0 radical (unpaired) electrons. The summed E-state index contributed by atoms with van der Waals surface area (Å²) in [5.41, 5.74) is 0. The summed E-state index contributed by atoms with van der Waals surface area (Å²) in [5, 5.41) is 0. The summed E-state index contributed by atoms with van der Waals surface area (Å²) < 4.78 is 0.881. The molecule has 4 heteroatoms. The molecule has 0 amide bonds. The minimum absolute atomic E-state index is 0.881. The van der Waals surface area contributed by atoms with Gasteiger partial charge in [-0.15, -0.1) is 11.3 Å². The molecule has 0 fully saturated rings. The summed E-state index contributed by atoms with van der Waals surface area (Å²) in [4.78, 5) is 3.64. The van der Waals surface area contributed by atoms with Crippen LogP contribution in [0.5, 0.6) is 0 Å². The largest absolute Gasteiger partial charge is 0.305 e. The standard InChI is InChI=1S/C9H14ClNS2/c1-11(6-7-12)5-4-8-2-3-9(10)13-8/h2-3,12H,4-7H2,1H3. The van der Waals surface area contributed by atoms with Gasteiger partial charge in [-0.25, -0.2) is 0 Å². The molecule has 0 aliphatic carbocycles. The van der Waals surface area contributed by atoms with E-state index in [0.717, 1.165) is 29.6 Å². The Balaban J connectivity index is 2.26. The number of nitrogens with zero attached hydrogens (tertiary/aromatic N) is 1. The number of halogens is 1. The number of thiol groups is 1. The van der Waals surface area contributed by atoms with Gasteiger partial charge in [-0.1, -0.05) is 11.6 Å². The first-order chi connectivity index (χ1) is 6.22. The summed E-state index contributed by atoms with van der Waals surface area (Å²) >= 11 is 11.7. The molecular weight excluding hydrogens is 222 g/mol. The Morgan fingerprint density at radius 3 is 2.77 bits per heavy atom. The molecule has 74 valence electrons. The first-order valence-corrected chi connectivity index (χ1v) is 6.08. The van der Waals surface area contributed by atoms with E-state index in [1.807, 2.05) is 6.07 Å². The van der Waals surface area contributed by atoms with Gasteiger partial charge in [0, 0.05) is 23.7 Å². The molecule has 0 N–H and O–H groups in total. The highest BCUT2D eigenvalue weighted by molar-refractivity contribution is 7.80. The molecule has 0 atom stereocenters. The van der Waals surface area contributed by atoms with Crippen molar-refractivity contribution in [3.63, 3.8) is 0 Å². The molecule has 1 rings (SSSR count). The molecular formula is C9H14ClNS2. The van der Waals surface area contributed by atoms with E-state index >= 15 is 0 Å². The van der Waals surface area contributed by atoms with Crippen molar-refractivity contribution >= 4 is 35.6 Å². The highest BCUT2D eigenvalue weighted by Crippen LogP contribution is 2.21. The highest BCUT2D eigenvalue weighted by atomic mass is 35.5. The van der Waals surface area contributed by atoms with Gasteiger partial charge in [-0.2, -0.15) is 12.6 Å². The second-order valence-electron chi connectivity index (χ2n) is 2.98. The lowest BCUT2D eigenvalue weighted by atomic mass is 10.3. The van der Waals surface area contributed by atoms with Gasteiger partial charge in [0.2, 0.25) is 0 Å². The second-order valence-corrected chi connectivity index (χ2v) is 5.23. The average Bonchev–Trinajstić information content (AvgIpc) is 2.49. The molecule has 1 heterocycles. The van der Waals surface area contributed by atoms with Crippen molar-refractivity contribution in [3.05, 3.63) is 21.3 Å². The van der Waals surface area contributed by atoms with Gasteiger partial charge in [-0.05, 0) is 25.6 Å². The average molecular weight is 236 g/mol. The van der Waals surface area contributed by atoms with Gasteiger partial charge < -0.3 is 4.90 Å². The summed E-state index contributed by atoms with van der Waals surface area (Å²) in [7, 11) is 2.12. The number of likely N-dealkylation sites (N-methyl/N-ethyl adjacent to an activating group) is 1. The molecule has 0 aromatic carbocycles. The third-order valence-electron chi connectivity index (χ3n) is 1.85. The molecule has 13 heavy (non-hydrogen) atoms.